The Balaban J connectivity index is 2.03. The second kappa shape index (κ2) is 6.19. The van der Waals surface area contributed by atoms with Crippen LogP contribution in [0.25, 0.3) is 0 Å². The molecule has 1 atom stereocenters. The fourth-order valence-electron chi connectivity index (χ4n) is 1.75. The van der Waals surface area contributed by atoms with Gasteiger partial charge in [-0.15, -0.1) is 0 Å². The average Bonchev–Trinajstić information content (AvgIpc) is 2.53. The van der Waals surface area contributed by atoms with Crippen molar-refractivity contribution in [3.05, 3.63) is 0 Å². The Bertz CT molecular complexity index is 110. The van der Waals surface area contributed by atoms with E-state index in [0.29, 0.717) is 21.2 Å². The van der Waals surface area contributed by atoms with Crippen LogP contribution in [0.5, 0.6) is 0 Å². The maximum absolute atomic E-state index is 2.64. The summed E-state index contributed by atoms with van der Waals surface area (Å²) in [5, 5.41) is 0. The van der Waals surface area contributed by atoms with Gasteiger partial charge in [0.05, 0.1) is 0 Å². The van der Waals surface area contributed by atoms with E-state index in [4.69, 9.17) is 0 Å². The fourth-order valence-corrected chi connectivity index (χ4v) is 3.71. The monoisotopic (exact) mass is 282 g/mol. The molecule has 0 bridgehead atoms. The first-order valence-electron chi connectivity index (χ1n) is 5.08. The second-order valence-corrected chi connectivity index (χ2v) is 7.21. The number of nitrogens with zero attached hydrogens (tertiary/aromatic N) is 1. The molecular formula is C10H21IN-. The van der Waals surface area contributed by atoms with Gasteiger partial charge in [-0.2, -0.15) is 0 Å². The third-order valence-corrected chi connectivity index (χ3v) is 5.54. The van der Waals surface area contributed by atoms with Gasteiger partial charge in [0.15, 0.2) is 0 Å². The molecule has 0 aliphatic carbocycles. The molecule has 1 aliphatic heterocycles. The molecule has 1 fully saturated rings. The van der Waals surface area contributed by atoms with E-state index in [0.717, 1.165) is 5.92 Å². The Morgan fingerprint density at radius 1 is 1.33 bits per heavy atom. The second-order valence-electron chi connectivity index (χ2n) is 3.72. The first-order valence-corrected chi connectivity index (χ1v) is 8.14. The molecule has 0 aromatic rings. The molecule has 0 radical (unpaired) electrons. The molecule has 0 aromatic heterocycles. The summed E-state index contributed by atoms with van der Waals surface area (Å²) < 4.78 is 3.00. The molecule has 0 saturated carbocycles. The van der Waals surface area contributed by atoms with Crippen LogP contribution in [-0.2, 0) is 0 Å². The van der Waals surface area contributed by atoms with E-state index in [2.05, 4.69) is 18.7 Å². The van der Waals surface area contributed by atoms with Crippen molar-refractivity contribution in [2.24, 2.45) is 5.92 Å². The summed E-state index contributed by atoms with van der Waals surface area (Å²) in [6.45, 7) is 8.87. The normalized spacial score (nSPS) is 21.8. The van der Waals surface area contributed by atoms with Gasteiger partial charge in [0.2, 0.25) is 0 Å². The Morgan fingerprint density at radius 3 is 2.58 bits per heavy atom. The van der Waals surface area contributed by atoms with Crippen molar-refractivity contribution in [1.82, 2.24) is 4.90 Å². The van der Waals surface area contributed by atoms with Gasteiger partial charge in [0, 0.05) is 0 Å². The molecule has 1 heterocycles. The summed E-state index contributed by atoms with van der Waals surface area (Å²) in [7, 11) is 0. The number of likely N-dealkylation sites (tertiary alicyclic amines) is 1. The minimum atomic E-state index is 0.539. The van der Waals surface area contributed by atoms with E-state index in [1.54, 1.807) is 0 Å². The first-order chi connectivity index (χ1) is 5.83. The van der Waals surface area contributed by atoms with Gasteiger partial charge in [-0.25, -0.2) is 0 Å². The van der Waals surface area contributed by atoms with Gasteiger partial charge in [0.25, 0.3) is 0 Å². The molecule has 1 aliphatic rings. The van der Waals surface area contributed by atoms with Gasteiger partial charge >= 0.3 is 87.2 Å². The number of alkyl halides is 2. The van der Waals surface area contributed by atoms with Crippen molar-refractivity contribution in [3.8, 4) is 0 Å². The van der Waals surface area contributed by atoms with E-state index in [1.165, 1.54) is 41.3 Å². The van der Waals surface area contributed by atoms with Crippen LogP contribution in [0.3, 0.4) is 0 Å². The Kier molecular flexibility index (Phi) is 5.56. The Hall–Kier alpha value is 0.690. The third-order valence-electron chi connectivity index (χ3n) is 2.33. The van der Waals surface area contributed by atoms with E-state index in [-0.39, 0.29) is 0 Å². The SMILES string of the molecule is CC[I-]C[C@H](C)CN1CCCC1. The fraction of sp³-hybridized carbons (Fsp3) is 1.00. The van der Waals surface area contributed by atoms with Gasteiger partial charge in [-0.1, -0.05) is 0 Å². The van der Waals surface area contributed by atoms with Gasteiger partial charge in [0.1, 0.15) is 0 Å². The summed E-state index contributed by atoms with van der Waals surface area (Å²) in [5.74, 6) is 0.968. The van der Waals surface area contributed by atoms with Crippen molar-refractivity contribution in [2.45, 2.75) is 26.7 Å². The molecular weight excluding hydrogens is 261 g/mol. The zero-order valence-electron chi connectivity index (χ0n) is 8.35. The van der Waals surface area contributed by atoms with Gasteiger partial charge in [-0.3, -0.25) is 0 Å². The molecule has 0 amide bonds. The molecule has 74 valence electrons. The Morgan fingerprint density at radius 2 is 2.00 bits per heavy atom. The van der Waals surface area contributed by atoms with Crippen molar-refractivity contribution < 1.29 is 21.2 Å². The minimum absolute atomic E-state index is 0.539. The van der Waals surface area contributed by atoms with Crippen LogP contribution >= 0.6 is 0 Å². The summed E-state index contributed by atoms with van der Waals surface area (Å²) >= 11 is 0.539. The van der Waals surface area contributed by atoms with Crippen molar-refractivity contribution in [2.75, 3.05) is 28.5 Å². The van der Waals surface area contributed by atoms with Crippen LogP contribution < -0.4 is 21.2 Å². The van der Waals surface area contributed by atoms with E-state index in [1.807, 2.05) is 0 Å². The first kappa shape index (κ1) is 10.8. The maximum atomic E-state index is 2.64. The number of hydrogen-bond acceptors (Lipinski definition) is 1. The molecule has 2 heteroatoms. The predicted molar refractivity (Wildman–Crippen MR) is 50.2 cm³/mol. The van der Waals surface area contributed by atoms with E-state index >= 15 is 0 Å². The molecule has 1 saturated heterocycles. The average molecular weight is 282 g/mol. The number of halogens is 1. The number of hydrogen-bond donors (Lipinski definition) is 0. The van der Waals surface area contributed by atoms with Gasteiger partial charge < -0.3 is 0 Å². The van der Waals surface area contributed by atoms with Crippen LogP contribution in [0.2, 0.25) is 0 Å². The van der Waals surface area contributed by atoms with Crippen LogP contribution in [0.4, 0.5) is 0 Å². The molecule has 0 aromatic carbocycles. The summed E-state index contributed by atoms with van der Waals surface area (Å²) in [4.78, 5) is 2.64. The molecule has 0 unspecified atom stereocenters. The molecule has 1 rings (SSSR count). The van der Waals surface area contributed by atoms with Crippen LogP contribution in [-0.4, -0.2) is 33.4 Å². The van der Waals surface area contributed by atoms with Crippen LogP contribution in [0.15, 0.2) is 0 Å². The third kappa shape index (κ3) is 4.08. The van der Waals surface area contributed by atoms with Gasteiger partial charge in [-0.05, 0) is 0 Å². The quantitative estimate of drug-likeness (QED) is 0.454. The van der Waals surface area contributed by atoms with Crippen LogP contribution in [0.1, 0.15) is 26.7 Å². The number of rotatable bonds is 5. The van der Waals surface area contributed by atoms with Crippen molar-refractivity contribution >= 4 is 0 Å². The molecule has 0 N–H and O–H groups in total. The zero-order chi connectivity index (χ0) is 8.81. The molecule has 12 heavy (non-hydrogen) atoms. The van der Waals surface area contributed by atoms with Crippen LogP contribution in [0, 0.1) is 5.92 Å². The molecule has 1 nitrogen and oxygen atoms in total. The van der Waals surface area contributed by atoms with E-state index in [9.17, 15) is 0 Å². The zero-order valence-corrected chi connectivity index (χ0v) is 10.5. The standard InChI is InChI=1S/C10H21IN/c1-3-11-8-10(2)9-12-6-4-5-7-12/h10H,3-9H2,1-2H3/q-1/t10-/m0/s1. The summed E-state index contributed by atoms with van der Waals surface area (Å²) in [6, 6.07) is 0. The molecule has 0 spiro atoms. The van der Waals surface area contributed by atoms with E-state index < -0.39 is 0 Å². The van der Waals surface area contributed by atoms with Crippen molar-refractivity contribution in [1.29, 1.82) is 0 Å². The van der Waals surface area contributed by atoms with Crippen molar-refractivity contribution in [3.63, 3.8) is 0 Å². The topological polar surface area (TPSA) is 3.24 Å². The Labute approximate surface area is 87.2 Å². The predicted octanol–water partition coefficient (Wildman–Crippen LogP) is -1.17. The summed E-state index contributed by atoms with van der Waals surface area (Å²) in [6.07, 6.45) is 2.88. The summed E-state index contributed by atoms with van der Waals surface area (Å²) in [5.41, 5.74) is 0.